The van der Waals surface area contributed by atoms with Crippen molar-refractivity contribution in [1.29, 1.82) is 0 Å². The number of aromatic nitrogens is 2. The van der Waals surface area contributed by atoms with Gasteiger partial charge >= 0.3 is 0 Å². The minimum Gasteiger partial charge on any atom is -0.306 e. The molecule has 158 valence electrons. The number of aryl methyl sites for hydroxylation is 1. The van der Waals surface area contributed by atoms with E-state index < -0.39 is 0 Å². The number of nitrogens with one attached hydrogen (secondary N) is 1. The highest BCUT2D eigenvalue weighted by atomic mass is 19.1. The number of carbonyl (C=O) groups is 2. The van der Waals surface area contributed by atoms with Crippen LogP contribution in [0.5, 0.6) is 0 Å². The fraction of sp³-hybridized carbons (Fsp3) is 0.217. The number of nitrogens with zero attached hydrogens (tertiary/aromatic N) is 4. The van der Waals surface area contributed by atoms with Gasteiger partial charge in [-0.05, 0) is 30.2 Å². The van der Waals surface area contributed by atoms with Gasteiger partial charge in [0.1, 0.15) is 17.3 Å². The van der Waals surface area contributed by atoms with Gasteiger partial charge in [-0.2, -0.15) is 10.2 Å². The number of halogens is 1. The highest BCUT2D eigenvalue weighted by Crippen LogP contribution is 2.17. The molecule has 0 aliphatic carbocycles. The molecule has 0 saturated carbocycles. The first-order chi connectivity index (χ1) is 15.0. The monoisotopic (exact) mass is 419 g/mol. The molecule has 31 heavy (non-hydrogen) atoms. The largest absolute Gasteiger partial charge is 0.306 e. The van der Waals surface area contributed by atoms with Gasteiger partial charge in [-0.25, -0.2) is 14.1 Å². The van der Waals surface area contributed by atoms with Gasteiger partial charge in [-0.3, -0.25) is 9.59 Å². The second kappa shape index (κ2) is 8.91. The van der Waals surface area contributed by atoms with Crippen LogP contribution in [0.15, 0.2) is 65.8 Å². The van der Waals surface area contributed by atoms with Gasteiger partial charge in [-0.1, -0.05) is 42.5 Å². The number of rotatable bonds is 6. The number of amides is 2. The summed E-state index contributed by atoms with van der Waals surface area (Å²) in [6, 6.07) is 17.5. The highest BCUT2D eigenvalue weighted by molar-refractivity contribution is 6.43. The second-order valence-corrected chi connectivity index (χ2v) is 7.39. The molecule has 0 radical (unpaired) electrons. The summed E-state index contributed by atoms with van der Waals surface area (Å²) in [5.41, 5.74) is 2.85. The Morgan fingerprint density at radius 1 is 1.03 bits per heavy atom. The Hall–Kier alpha value is -3.81. The Morgan fingerprint density at radius 3 is 2.48 bits per heavy atom. The summed E-state index contributed by atoms with van der Waals surface area (Å²) in [6.45, 7) is 2.56. The van der Waals surface area contributed by atoms with Gasteiger partial charge in [-0.15, -0.1) is 0 Å². The average Bonchev–Trinajstić information content (AvgIpc) is 3.10. The minimum atomic E-state index is -0.370. The summed E-state index contributed by atoms with van der Waals surface area (Å²) in [7, 11) is 0. The molecule has 1 aliphatic rings. The third kappa shape index (κ3) is 5.03. The van der Waals surface area contributed by atoms with Gasteiger partial charge < -0.3 is 5.32 Å². The van der Waals surface area contributed by atoms with Crippen LogP contribution in [0.2, 0.25) is 0 Å². The second-order valence-electron chi connectivity index (χ2n) is 7.39. The van der Waals surface area contributed by atoms with Crippen LogP contribution in [0.1, 0.15) is 29.7 Å². The van der Waals surface area contributed by atoms with Gasteiger partial charge in [0, 0.05) is 18.9 Å². The van der Waals surface area contributed by atoms with Gasteiger partial charge in [0.25, 0.3) is 5.91 Å². The standard InChI is InChI=1S/C23H22FN5O2/c1-16-13-21(28(26-16)14-17-5-3-2-4-6-17)25-23(31)20-11-12-22(30)29(27-20)15-18-7-9-19(24)10-8-18/h2-10,13H,11-12,14-15H2,1H3,(H,25,31). The van der Waals surface area contributed by atoms with Gasteiger partial charge in [0.2, 0.25) is 5.91 Å². The Morgan fingerprint density at radius 2 is 1.74 bits per heavy atom. The summed E-state index contributed by atoms with van der Waals surface area (Å²) in [5.74, 6) is -0.326. The highest BCUT2D eigenvalue weighted by Gasteiger charge is 2.25. The smallest absolute Gasteiger partial charge is 0.273 e. The number of benzene rings is 2. The molecule has 0 fully saturated rings. The zero-order chi connectivity index (χ0) is 21.8. The van der Waals surface area contributed by atoms with Crippen molar-refractivity contribution in [3.8, 4) is 0 Å². The van der Waals surface area contributed by atoms with Crippen molar-refractivity contribution in [3.63, 3.8) is 0 Å². The Labute approximate surface area is 179 Å². The van der Waals surface area contributed by atoms with E-state index in [1.54, 1.807) is 22.9 Å². The molecule has 7 nitrogen and oxygen atoms in total. The molecule has 2 heterocycles. The third-order valence-corrected chi connectivity index (χ3v) is 4.93. The molecule has 2 aromatic carbocycles. The fourth-order valence-corrected chi connectivity index (χ4v) is 3.36. The molecule has 1 N–H and O–H groups in total. The molecular formula is C23H22FN5O2. The van der Waals surface area contributed by atoms with E-state index in [0.29, 0.717) is 12.4 Å². The van der Waals surface area contributed by atoms with Crippen LogP contribution >= 0.6 is 0 Å². The zero-order valence-electron chi connectivity index (χ0n) is 17.1. The molecule has 8 heteroatoms. The van der Waals surface area contributed by atoms with Crippen LogP contribution in [0, 0.1) is 12.7 Å². The van der Waals surface area contributed by atoms with Crippen molar-refractivity contribution in [1.82, 2.24) is 14.8 Å². The fourth-order valence-electron chi connectivity index (χ4n) is 3.36. The minimum absolute atomic E-state index is 0.175. The summed E-state index contributed by atoms with van der Waals surface area (Å²) in [4.78, 5) is 25.1. The average molecular weight is 419 g/mol. The van der Waals surface area contributed by atoms with Crippen LogP contribution in [0.4, 0.5) is 10.2 Å². The van der Waals surface area contributed by atoms with E-state index in [1.807, 2.05) is 37.3 Å². The Kier molecular flexibility index (Phi) is 5.88. The molecule has 0 spiro atoms. The molecule has 4 rings (SSSR count). The topological polar surface area (TPSA) is 79.6 Å². The van der Waals surface area contributed by atoms with Crippen molar-refractivity contribution < 1.29 is 14.0 Å². The van der Waals surface area contributed by atoms with Crippen molar-refractivity contribution in [3.05, 3.63) is 83.3 Å². The molecule has 2 amide bonds. The maximum Gasteiger partial charge on any atom is 0.273 e. The van der Waals surface area contributed by atoms with Crippen LogP contribution in [0.3, 0.4) is 0 Å². The predicted octanol–water partition coefficient (Wildman–Crippen LogP) is 3.50. The molecule has 0 unspecified atom stereocenters. The molecule has 1 aliphatic heterocycles. The van der Waals surface area contributed by atoms with Crippen LogP contribution in [-0.4, -0.2) is 32.3 Å². The van der Waals surface area contributed by atoms with Crippen molar-refractivity contribution in [2.24, 2.45) is 5.10 Å². The number of anilines is 1. The summed E-state index contributed by atoms with van der Waals surface area (Å²) in [5, 5.41) is 12.9. The summed E-state index contributed by atoms with van der Waals surface area (Å²) < 4.78 is 14.9. The SMILES string of the molecule is Cc1cc(NC(=O)C2=NN(Cc3ccc(F)cc3)C(=O)CC2)n(Cc2ccccc2)n1. The molecule has 1 aromatic heterocycles. The van der Waals surface area contributed by atoms with E-state index in [-0.39, 0.29) is 42.7 Å². The van der Waals surface area contributed by atoms with E-state index in [9.17, 15) is 14.0 Å². The zero-order valence-corrected chi connectivity index (χ0v) is 17.1. The first-order valence-corrected chi connectivity index (χ1v) is 10.00. The van der Waals surface area contributed by atoms with Crippen molar-refractivity contribution >= 4 is 23.3 Å². The first-order valence-electron chi connectivity index (χ1n) is 10.00. The quantitative estimate of drug-likeness (QED) is 0.664. The lowest BCUT2D eigenvalue weighted by molar-refractivity contribution is -0.132. The molecular weight excluding hydrogens is 397 g/mol. The lowest BCUT2D eigenvalue weighted by atomic mass is 10.1. The normalized spacial score (nSPS) is 13.8. The van der Waals surface area contributed by atoms with E-state index >= 15 is 0 Å². The van der Waals surface area contributed by atoms with E-state index in [2.05, 4.69) is 15.5 Å². The van der Waals surface area contributed by atoms with Crippen LogP contribution in [0.25, 0.3) is 0 Å². The predicted molar refractivity (Wildman–Crippen MR) is 115 cm³/mol. The summed E-state index contributed by atoms with van der Waals surface area (Å²) in [6.07, 6.45) is 0.451. The van der Waals surface area contributed by atoms with E-state index in [1.165, 1.54) is 17.1 Å². The molecule has 0 saturated heterocycles. The third-order valence-electron chi connectivity index (χ3n) is 4.93. The van der Waals surface area contributed by atoms with E-state index in [4.69, 9.17) is 0 Å². The maximum atomic E-state index is 13.1. The van der Waals surface area contributed by atoms with Crippen molar-refractivity contribution in [2.75, 3.05) is 5.32 Å². The Balaban J connectivity index is 1.49. The van der Waals surface area contributed by atoms with Gasteiger partial charge in [0.05, 0.1) is 18.8 Å². The first kappa shape index (κ1) is 20.5. The van der Waals surface area contributed by atoms with Gasteiger partial charge in [0.15, 0.2) is 0 Å². The molecule has 3 aromatic rings. The summed E-state index contributed by atoms with van der Waals surface area (Å²) >= 11 is 0. The number of hydrogen-bond acceptors (Lipinski definition) is 4. The lowest BCUT2D eigenvalue weighted by Crippen LogP contribution is -2.36. The van der Waals surface area contributed by atoms with Crippen LogP contribution in [-0.2, 0) is 22.7 Å². The number of hydrazone groups is 1. The van der Waals surface area contributed by atoms with Crippen molar-refractivity contribution in [2.45, 2.75) is 32.9 Å². The maximum absolute atomic E-state index is 13.1. The van der Waals surface area contributed by atoms with Crippen LogP contribution < -0.4 is 5.32 Å². The van der Waals surface area contributed by atoms with E-state index in [0.717, 1.165) is 16.8 Å². The number of carbonyl (C=O) groups excluding carboxylic acids is 2. The number of hydrogen-bond donors (Lipinski definition) is 1. The Bertz CT molecular complexity index is 1120. The molecule has 0 atom stereocenters. The molecule has 0 bridgehead atoms. The lowest BCUT2D eigenvalue weighted by Gasteiger charge is -2.23.